The third kappa shape index (κ3) is 19.0. The van der Waals surface area contributed by atoms with E-state index in [2.05, 4.69) is 43.4 Å². The fourth-order valence-corrected chi connectivity index (χ4v) is 2.98. The molecule has 0 aromatic heterocycles. The third-order valence-corrected chi connectivity index (χ3v) is 4.55. The summed E-state index contributed by atoms with van der Waals surface area (Å²) in [5.74, 6) is 0.00412. The van der Waals surface area contributed by atoms with Gasteiger partial charge in [-0.3, -0.25) is 4.79 Å². The van der Waals surface area contributed by atoms with Crippen LogP contribution in [-0.2, 0) is 20.7 Å². The molecule has 24 heavy (non-hydrogen) atoms. The van der Waals surface area contributed by atoms with Crippen LogP contribution >= 0.6 is 0 Å². The Balaban J connectivity index is 3.40. The number of ether oxygens (including phenoxy) is 1. The van der Waals surface area contributed by atoms with E-state index < -0.39 is 17.1 Å². The van der Waals surface area contributed by atoms with Crippen molar-refractivity contribution in [2.45, 2.75) is 51.9 Å². The van der Waals surface area contributed by atoms with Crippen LogP contribution in [0.5, 0.6) is 0 Å². The van der Waals surface area contributed by atoms with Gasteiger partial charge < -0.3 is 14.4 Å². The normalized spacial score (nSPS) is 13.4. The molecular formula is C19H32O4S. The van der Waals surface area contributed by atoms with E-state index in [1.54, 1.807) is 0 Å². The fourth-order valence-electron chi connectivity index (χ4n) is 1.85. The second-order valence-corrected chi connectivity index (χ2v) is 7.14. The lowest BCUT2D eigenvalue weighted by atomic mass is 10.2. The average molecular weight is 357 g/mol. The van der Waals surface area contributed by atoms with Crippen molar-refractivity contribution in [1.82, 2.24) is 0 Å². The summed E-state index contributed by atoms with van der Waals surface area (Å²) in [5.41, 5.74) is 0. The van der Waals surface area contributed by atoms with Gasteiger partial charge in [0.15, 0.2) is 0 Å². The molecule has 0 aromatic rings. The summed E-state index contributed by atoms with van der Waals surface area (Å²) >= 11 is -0.989. The Morgan fingerprint density at radius 1 is 1.04 bits per heavy atom. The molecule has 0 heterocycles. The molecule has 0 aliphatic heterocycles. The van der Waals surface area contributed by atoms with Crippen molar-refractivity contribution in [3.05, 3.63) is 36.5 Å². The van der Waals surface area contributed by atoms with Gasteiger partial charge in [-0.2, -0.15) is 0 Å². The quantitative estimate of drug-likeness (QED) is 0.255. The highest BCUT2D eigenvalue weighted by atomic mass is 32.2. The lowest BCUT2D eigenvalue weighted by molar-refractivity contribution is -0.136. The maximum atomic E-state index is 11.5. The molecular weight excluding hydrogens is 324 g/mol. The van der Waals surface area contributed by atoms with Crippen molar-refractivity contribution in [2.75, 3.05) is 24.7 Å². The van der Waals surface area contributed by atoms with Crippen molar-refractivity contribution in [3.63, 3.8) is 0 Å². The van der Waals surface area contributed by atoms with Gasteiger partial charge in [0.05, 0.1) is 13.0 Å². The van der Waals surface area contributed by atoms with E-state index in [-0.39, 0.29) is 12.2 Å². The zero-order valence-electron chi connectivity index (χ0n) is 14.8. The summed E-state index contributed by atoms with van der Waals surface area (Å²) in [7, 11) is 0. The van der Waals surface area contributed by atoms with Crippen LogP contribution in [0, 0.1) is 0 Å². The molecule has 0 radical (unpaired) electrons. The van der Waals surface area contributed by atoms with Crippen LogP contribution in [-0.4, -0.2) is 40.3 Å². The van der Waals surface area contributed by atoms with Crippen molar-refractivity contribution in [2.24, 2.45) is 0 Å². The number of hydrogen-bond acceptors (Lipinski definition) is 3. The summed E-state index contributed by atoms with van der Waals surface area (Å²) in [4.78, 5) is 10.4. The van der Waals surface area contributed by atoms with Crippen LogP contribution in [0.2, 0.25) is 0 Å². The largest absolute Gasteiger partial charge is 0.616 e. The van der Waals surface area contributed by atoms with Crippen LogP contribution in [0.25, 0.3) is 0 Å². The molecule has 5 heteroatoms. The lowest BCUT2D eigenvalue weighted by Crippen LogP contribution is -2.14. The first kappa shape index (κ1) is 23.0. The van der Waals surface area contributed by atoms with Gasteiger partial charge in [-0.1, -0.05) is 54.6 Å². The number of carboxylic acids is 1. The Bertz CT molecular complexity index is 378. The van der Waals surface area contributed by atoms with E-state index in [1.165, 1.54) is 0 Å². The lowest BCUT2D eigenvalue weighted by Gasteiger charge is -2.08. The first-order valence-corrected chi connectivity index (χ1v) is 10.2. The van der Waals surface area contributed by atoms with E-state index in [0.29, 0.717) is 12.4 Å². The van der Waals surface area contributed by atoms with Crippen molar-refractivity contribution in [1.29, 1.82) is 0 Å². The zero-order chi connectivity index (χ0) is 17.9. The van der Waals surface area contributed by atoms with Crippen LogP contribution in [0.3, 0.4) is 0 Å². The number of allylic oxidation sites excluding steroid dienone is 5. The van der Waals surface area contributed by atoms with E-state index in [4.69, 9.17) is 9.84 Å². The standard InChI is InChI=1S/C19H32O4S/c1-2-15-23-16-12-10-8-6-4-3-5-7-9-11-13-17-24(22)18-14-19(20)21/h4-7,10,12H,2-3,8-9,11,13-18H2,1H3,(H,20,21)/b6-4+,7-5+,12-10+. The molecule has 0 aliphatic carbocycles. The fraction of sp³-hybridized carbons (Fsp3) is 0.632. The molecule has 0 spiro atoms. The molecule has 0 saturated heterocycles. The summed E-state index contributed by atoms with van der Waals surface area (Å²) in [6.45, 7) is 3.62. The van der Waals surface area contributed by atoms with Crippen LogP contribution in [0.4, 0.5) is 0 Å². The molecule has 1 unspecified atom stereocenters. The first-order valence-electron chi connectivity index (χ1n) is 8.76. The number of carboxylic acid groups (broad SMARTS) is 1. The highest BCUT2D eigenvalue weighted by Gasteiger charge is 2.08. The first-order chi connectivity index (χ1) is 11.7. The van der Waals surface area contributed by atoms with E-state index in [1.807, 2.05) is 0 Å². The topological polar surface area (TPSA) is 69.6 Å². The second-order valence-electron chi connectivity index (χ2n) is 5.45. The van der Waals surface area contributed by atoms with E-state index in [9.17, 15) is 9.35 Å². The SMILES string of the molecule is CCCOC/C=C/C/C=C/C/C=C/CCCC[S+]([O-])CCC(=O)O. The summed E-state index contributed by atoms with van der Waals surface area (Å²) < 4.78 is 16.8. The van der Waals surface area contributed by atoms with Crippen molar-refractivity contribution >= 4 is 17.1 Å². The predicted molar refractivity (Wildman–Crippen MR) is 102 cm³/mol. The molecule has 1 atom stereocenters. The van der Waals surface area contributed by atoms with Crippen LogP contribution in [0.1, 0.15) is 51.9 Å². The van der Waals surface area contributed by atoms with Crippen molar-refractivity contribution in [3.8, 4) is 0 Å². The van der Waals surface area contributed by atoms with Crippen molar-refractivity contribution < 1.29 is 19.2 Å². The average Bonchev–Trinajstić information content (AvgIpc) is 2.56. The Morgan fingerprint density at radius 3 is 2.38 bits per heavy atom. The predicted octanol–water partition coefficient (Wildman–Crippen LogP) is 4.26. The van der Waals surface area contributed by atoms with Crippen LogP contribution in [0.15, 0.2) is 36.5 Å². The van der Waals surface area contributed by atoms with Gasteiger partial charge in [0.2, 0.25) is 0 Å². The van der Waals surface area contributed by atoms with Gasteiger partial charge >= 0.3 is 5.97 Å². The zero-order valence-corrected chi connectivity index (χ0v) is 15.6. The number of hydrogen-bond donors (Lipinski definition) is 1. The second kappa shape index (κ2) is 18.3. The molecule has 0 bridgehead atoms. The minimum absolute atomic E-state index is 0.000197. The maximum Gasteiger partial charge on any atom is 0.308 e. The van der Waals surface area contributed by atoms with Gasteiger partial charge in [0.25, 0.3) is 0 Å². The smallest absolute Gasteiger partial charge is 0.308 e. The van der Waals surface area contributed by atoms with Gasteiger partial charge in [-0.15, -0.1) is 0 Å². The molecule has 0 fully saturated rings. The minimum atomic E-state index is -0.989. The molecule has 0 saturated carbocycles. The van der Waals surface area contributed by atoms with Gasteiger partial charge in [0.1, 0.15) is 11.5 Å². The van der Waals surface area contributed by atoms with Crippen LogP contribution < -0.4 is 0 Å². The maximum absolute atomic E-state index is 11.5. The number of rotatable bonds is 16. The van der Waals surface area contributed by atoms with E-state index in [0.717, 1.165) is 45.1 Å². The molecule has 0 aliphatic rings. The van der Waals surface area contributed by atoms with Gasteiger partial charge in [-0.25, -0.2) is 0 Å². The molecule has 1 N–H and O–H groups in total. The Kier molecular flexibility index (Phi) is 17.5. The Morgan fingerprint density at radius 2 is 1.71 bits per heavy atom. The molecule has 0 amide bonds. The number of aliphatic carboxylic acids is 1. The third-order valence-electron chi connectivity index (χ3n) is 3.14. The Labute approximate surface area is 149 Å². The summed E-state index contributed by atoms with van der Waals surface area (Å²) in [6, 6.07) is 0. The molecule has 0 aromatic carbocycles. The van der Waals surface area contributed by atoms with E-state index >= 15 is 0 Å². The highest BCUT2D eigenvalue weighted by molar-refractivity contribution is 7.91. The minimum Gasteiger partial charge on any atom is -0.616 e. The summed E-state index contributed by atoms with van der Waals surface area (Å²) in [5, 5.41) is 8.51. The summed E-state index contributed by atoms with van der Waals surface area (Å²) in [6.07, 6.45) is 18.6. The number of unbranched alkanes of at least 4 members (excludes halogenated alkanes) is 2. The van der Waals surface area contributed by atoms with Gasteiger partial charge in [-0.05, 0) is 38.5 Å². The molecule has 138 valence electrons. The monoisotopic (exact) mass is 356 g/mol. The molecule has 4 nitrogen and oxygen atoms in total. The number of carbonyl (C=O) groups is 1. The van der Waals surface area contributed by atoms with Gasteiger partial charge in [0, 0.05) is 6.61 Å². The Hall–Kier alpha value is -1.04. The molecule has 0 rings (SSSR count). The highest BCUT2D eigenvalue weighted by Crippen LogP contribution is 2.03.